The van der Waals surface area contributed by atoms with Crippen LogP contribution in [0.5, 0.6) is 0 Å². The third kappa shape index (κ3) is 4.48. The minimum absolute atomic E-state index is 0.0224. The monoisotopic (exact) mass is 420 g/mol. The molecule has 0 aliphatic carbocycles. The van der Waals surface area contributed by atoms with Crippen molar-refractivity contribution in [2.45, 2.75) is 5.16 Å². The molecule has 3 N–H and O–H groups in total. The normalized spacial score (nSPS) is 11.1. The summed E-state index contributed by atoms with van der Waals surface area (Å²) in [4.78, 5) is 12.2. The zero-order valence-corrected chi connectivity index (χ0v) is 15.2. The summed E-state index contributed by atoms with van der Waals surface area (Å²) in [5, 5.41) is 12.2. The van der Waals surface area contributed by atoms with Crippen LogP contribution in [0.1, 0.15) is 16.1 Å². The lowest BCUT2D eigenvalue weighted by Gasteiger charge is -2.03. The standard InChI is InChI=1S/C15H13BrN6O2S/c16-11-5-3-10(4-6-11)13(23)9-25-15-21-20-14(22(15)17)19-18-8-12-2-1-7-24-12/h1-8H,9,17H2,(H,19,20)/b18-8+. The van der Waals surface area contributed by atoms with Gasteiger partial charge < -0.3 is 10.3 Å². The second-order valence-electron chi connectivity index (χ2n) is 4.78. The molecular formula is C15H13BrN6O2S. The molecule has 0 saturated carbocycles. The Morgan fingerprint density at radius 1 is 1.36 bits per heavy atom. The topological polar surface area (TPSA) is 111 Å². The molecular weight excluding hydrogens is 408 g/mol. The number of thioether (sulfide) groups is 1. The fraction of sp³-hybridized carbons (Fsp3) is 0.0667. The number of furan rings is 1. The molecule has 2 heterocycles. The van der Waals surface area contributed by atoms with Crippen molar-refractivity contribution in [1.29, 1.82) is 0 Å². The Labute approximate surface area is 155 Å². The molecule has 0 aliphatic rings. The Morgan fingerprint density at radius 3 is 2.88 bits per heavy atom. The number of ketones is 1. The Balaban J connectivity index is 1.57. The Kier molecular flexibility index (Phi) is 5.51. The summed E-state index contributed by atoms with van der Waals surface area (Å²) >= 11 is 4.54. The number of aromatic nitrogens is 3. The van der Waals surface area contributed by atoms with Gasteiger partial charge in [-0.2, -0.15) is 5.10 Å². The summed E-state index contributed by atoms with van der Waals surface area (Å²) in [5.41, 5.74) is 3.29. The van der Waals surface area contributed by atoms with Gasteiger partial charge in [0.1, 0.15) is 5.76 Å². The Bertz CT molecular complexity index is 876. The lowest BCUT2D eigenvalue weighted by molar-refractivity contribution is 0.102. The molecule has 0 radical (unpaired) electrons. The van der Waals surface area contributed by atoms with Gasteiger partial charge in [-0.1, -0.05) is 39.8 Å². The van der Waals surface area contributed by atoms with Crippen LogP contribution in [-0.4, -0.2) is 32.6 Å². The molecule has 8 nitrogen and oxygen atoms in total. The zero-order valence-electron chi connectivity index (χ0n) is 12.8. The number of hydrogen-bond donors (Lipinski definition) is 2. The first kappa shape index (κ1) is 17.2. The molecule has 1 aromatic carbocycles. The number of carbonyl (C=O) groups is 1. The fourth-order valence-electron chi connectivity index (χ4n) is 1.82. The molecule has 128 valence electrons. The number of nitrogens with one attached hydrogen (secondary N) is 1. The molecule has 3 aromatic rings. The maximum Gasteiger partial charge on any atom is 0.264 e. The number of nitrogen functional groups attached to an aromatic ring is 1. The number of nitrogens with zero attached hydrogens (tertiary/aromatic N) is 4. The zero-order chi connectivity index (χ0) is 17.6. The largest absolute Gasteiger partial charge is 0.463 e. The van der Waals surface area contributed by atoms with E-state index >= 15 is 0 Å². The second kappa shape index (κ2) is 7.99. The lowest BCUT2D eigenvalue weighted by Crippen LogP contribution is -2.14. The van der Waals surface area contributed by atoms with E-state index in [0.29, 0.717) is 16.5 Å². The van der Waals surface area contributed by atoms with Gasteiger partial charge in [-0.3, -0.25) is 4.79 Å². The Hall–Kier alpha value is -2.59. The highest BCUT2D eigenvalue weighted by Crippen LogP contribution is 2.19. The van der Waals surface area contributed by atoms with Crippen LogP contribution in [0.2, 0.25) is 0 Å². The third-order valence-corrected chi connectivity index (χ3v) is 4.53. The van der Waals surface area contributed by atoms with Gasteiger partial charge in [0, 0.05) is 10.0 Å². The molecule has 0 saturated heterocycles. The van der Waals surface area contributed by atoms with E-state index in [0.717, 1.165) is 4.47 Å². The predicted molar refractivity (Wildman–Crippen MR) is 99.3 cm³/mol. The smallest absolute Gasteiger partial charge is 0.264 e. The van der Waals surface area contributed by atoms with Crippen molar-refractivity contribution in [3.63, 3.8) is 0 Å². The first-order valence-corrected chi connectivity index (χ1v) is 8.86. The van der Waals surface area contributed by atoms with Crippen LogP contribution in [-0.2, 0) is 0 Å². The number of Topliss-reactive ketones (excluding diaryl/α,β-unsaturated/α-hetero) is 1. The summed E-state index contributed by atoms with van der Waals surface area (Å²) in [6.45, 7) is 0. The van der Waals surface area contributed by atoms with Crippen LogP contribution in [0.15, 0.2) is 61.8 Å². The van der Waals surface area contributed by atoms with Gasteiger partial charge in [0.15, 0.2) is 5.78 Å². The number of carbonyl (C=O) groups excluding carboxylic acids is 1. The first-order valence-electron chi connectivity index (χ1n) is 7.08. The van der Waals surface area contributed by atoms with Crippen LogP contribution in [0.25, 0.3) is 0 Å². The summed E-state index contributed by atoms with van der Waals surface area (Å²) in [5.74, 6) is 6.92. The van der Waals surface area contributed by atoms with Crippen molar-refractivity contribution in [3.05, 3.63) is 58.5 Å². The fourth-order valence-corrected chi connectivity index (χ4v) is 2.83. The van der Waals surface area contributed by atoms with Crippen molar-refractivity contribution in [2.24, 2.45) is 5.10 Å². The van der Waals surface area contributed by atoms with Crippen LogP contribution in [0.3, 0.4) is 0 Å². The van der Waals surface area contributed by atoms with Crippen molar-refractivity contribution in [3.8, 4) is 0 Å². The van der Waals surface area contributed by atoms with Gasteiger partial charge in [-0.05, 0) is 24.3 Å². The average molecular weight is 421 g/mol. The van der Waals surface area contributed by atoms with E-state index in [1.54, 1.807) is 30.5 Å². The second-order valence-corrected chi connectivity index (χ2v) is 6.64. The van der Waals surface area contributed by atoms with Crippen molar-refractivity contribution in [1.82, 2.24) is 14.9 Å². The van der Waals surface area contributed by atoms with Gasteiger partial charge in [-0.15, -0.1) is 10.2 Å². The summed E-state index contributed by atoms with van der Waals surface area (Å²) < 4.78 is 7.27. The number of hydrogen-bond acceptors (Lipinski definition) is 8. The summed E-state index contributed by atoms with van der Waals surface area (Å²) in [6.07, 6.45) is 3.03. The molecule has 0 fully saturated rings. The number of halogens is 1. The van der Waals surface area contributed by atoms with Crippen molar-refractivity contribution < 1.29 is 9.21 Å². The van der Waals surface area contributed by atoms with E-state index in [1.807, 2.05) is 12.1 Å². The number of anilines is 1. The van der Waals surface area contributed by atoms with E-state index in [2.05, 4.69) is 36.7 Å². The van der Waals surface area contributed by atoms with E-state index in [1.165, 1.54) is 22.7 Å². The average Bonchev–Trinajstić information content (AvgIpc) is 3.24. The number of rotatable bonds is 7. The minimum Gasteiger partial charge on any atom is -0.463 e. The van der Waals surface area contributed by atoms with Gasteiger partial charge in [0.05, 0.1) is 18.2 Å². The lowest BCUT2D eigenvalue weighted by atomic mass is 10.2. The molecule has 25 heavy (non-hydrogen) atoms. The highest BCUT2D eigenvalue weighted by molar-refractivity contribution is 9.10. The quantitative estimate of drug-likeness (QED) is 0.198. The highest BCUT2D eigenvalue weighted by atomic mass is 79.9. The molecule has 3 rings (SSSR count). The molecule has 10 heteroatoms. The van der Waals surface area contributed by atoms with Gasteiger partial charge in [0.25, 0.3) is 5.95 Å². The molecule has 2 aromatic heterocycles. The molecule has 0 atom stereocenters. The van der Waals surface area contributed by atoms with Crippen LogP contribution in [0, 0.1) is 0 Å². The predicted octanol–water partition coefficient (Wildman–Crippen LogP) is 2.77. The van der Waals surface area contributed by atoms with E-state index < -0.39 is 0 Å². The van der Waals surface area contributed by atoms with Crippen LogP contribution >= 0.6 is 27.7 Å². The molecule has 0 spiro atoms. The maximum atomic E-state index is 12.2. The molecule has 0 bridgehead atoms. The van der Waals surface area contributed by atoms with Crippen LogP contribution in [0.4, 0.5) is 5.95 Å². The van der Waals surface area contributed by atoms with Crippen molar-refractivity contribution >= 4 is 45.6 Å². The first-order chi connectivity index (χ1) is 12.1. The SMILES string of the molecule is Nn1c(N/N=C/c2ccco2)nnc1SCC(=O)c1ccc(Br)cc1. The van der Waals surface area contributed by atoms with Crippen LogP contribution < -0.4 is 11.3 Å². The number of nitrogens with two attached hydrogens (primary N) is 1. The number of benzene rings is 1. The third-order valence-electron chi connectivity index (χ3n) is 3.06. The minimum atomic E-state index is -0.0224. The number of hydrazone groups is 1. The molecule has 0 aliphatic heterocycles. The molecule has 0 unspecified atom stereocenters. The maximum absolute atomic E-state index is 12.2. The highest BCUT2D eigenvalue weighted by Gasteiger charge is 2.13. The van der Waals surface area contributed by atoms with E-state index in [-0.39, 0.29) is 17.5 Å². The van der Waals surface area contributed by atoms with Gasteiger partial charge >= 0.3 is 0 Å². The van der Waals surface area contributed by atoms with Crippen molar-refractivity contribution in [2.75, 3.05) is 17.0 Å². The van der Waals surface area contributed by atoms with Gasteiger partial charge in [0.2, 0.25) is 5.16 Å². The summed E-state index contributed by atoms with van der Waals surface area (Å²) in [7, 11) is 0. The summed E-state index contributed by atoms with van der Waals surface area (Å²) in [6, 6.07) is 10.7. The Morgan fingerprint density at radius 2 is 2.16 bits per heavy atom. The van der Waals surface area contributed by atoms with E-state index in [9.17, 15) is 4.79 Å². The van der Waals surface area contributed by atoms with E-state index in [4.69, 9.17) is 10.3 Å². The molecule has 0 amide bonds. The van der Waals surface area contributed by atoms with Gasteiger partial charge in [-0.25, -0.2) is 10.1 Å².